The number of nitrogen functional groups attached to an aromatic ring is 1. The number of H-pyrrole nitrogens is 1. The molecular formula is C26H26N8O12S2. The number of hydrogen-bond acceptors (Lipinski definition) is 14. The third-order valence-corrected chi connectivity index (χ3v) is 8.18. The number of carboxylic acid groups (broad SMARTS) is 1. The molecule has 1 aromatic carbocycles. The zero-order valence-electron chi connectivity index (χ0n) is 24.7. The van der Waals surface area contributed by atoms with E-state index in [2.05, 4.69) is 31.1 Å². The molecule has 2 atom stereocenters. The Morgan fingerprint density at radius 2 is 1.90 bits per heavy atom. The highest BCUT2D eigenvalue weighted by Gasteiger charge is 2.54. The van der Waals surface area contributed by atoms with Gasteiger partial charge in [0.1, 0.15) is 17.4 Å². The molecular weight excluding hydrogens is 680 g/mol. The van der Waals surface area contributed by atoms with Crippen LogP contribution in [-0.4, -0.2) is 97.0 Å². The van der Waals surface area contributed by atoms with Crippen molar-refractivity contribution in [2.75, 3.05) is 17.6 Å². The molecule has 0 aliphatic carbocycles. The molecule has 4 rings (SSSR count). The summed E-state index contributed by atoms with van der Waals surface area (Å²) in [6, 6.07) is 3.05. The zero-order chi connectivity index (χ0) is 35.6. The molecule has 22 heteroatoms. The summed E-state index contributed by atoms with van der Waals surface area (Å²) >= 11 is 0.899. The van der Waals surface area contributed by atoms with Crippen molar-refractivity contribution in [3.05, 3.63) is 69.1 Å². The van der Waals surface area contributed by atoms with E-state index in [-0.39, 0.29) is 32.1 Å². The lowest BCUT2D eigenvalue weighted by atomic mass is 9.98. The maximum Gasteiger partial charge on any atom is 0.362 e. The minimum Gasteiger partial charge on any atom is -0.503 e. The molecule has 0 saturated carbocycles. The van der Waals surface area contributed by atoms with Gasteiger partial charge in [0.05, 0.1) is 6.04 Å². The first-order valence-corrected chi connectivity index (χ1v) is 15.6. The topological polar surface area (TPSA) is 313 Å². The van der Waals surface area contributed by atoms with Gasteiger partial charge < -0.3 is 41.7 Å². The minimum absolute atomic E-state index is 0.000210. The number of carbonyl (C=O) groups is 5. The summed E-state index contributed by atoms with van der Waals surface area (Å²) in [5.74, 6) is -6.07. The van der Waals surface area contributed by atoms with Crippen LogP contribution >= 0.6 is 11.3 Å². The number of oxime groups is 1. The number of amides is 4. The lowest BCUT2D eigenvalue weighted by Crippen LogP contribution is -2.74. The van der Waals surface area contributed by atoms with E-state index in [1.165, 1.54) is 29.6 Å². The van der Waals surface area contributed by atoms with Gasteiger partial charge in [0.15, 0.2) is 16.6 Å². The van der Waals surface area contributed by atoms with E-state index < -0.39 is 81.0 Å². The van der Waals surface area contributed by atoms with Crippen molar-refractivity contribution in [2.45, 2.75) is 31.5 Å². The van der Waals surface area contributed by atoms with E-state index in [4.69, 9.17) is 10.6 Å². The number of nitrogens with two attached hydrogens (primary N) is 1. The van der Waals surface area contributed by atoms with Crippen LogP contribution in [0.5, 0.6) is 5.75 Å². The van der Waals surface area contributed by atoms with Crippen molar-refractivity contribution in [3.63, 3.8) is 0 Å². The number of nitrogens with one attached hydrogen (secondary N) is 4. The van der Waals surface area contributed by atoms with Crippen molar-refractivity contribution in [1.82, 2.24) is 24.9 Å². The molecule has 1 fully saturated rings. The normalized spacial score (nSPS) is 16.4. The summed E-state index contributed by atoms with van der Waals surface area (Å²) in [6.07, 6.45) is 0.925. The monoisotopic (exact) mass is 706 g/mol. The predicted molar refractivity (Wildman–Crippen MR) is 165 cm³/mol. The number of β-lactam (4-membered cyclic amide) rings is 1. The average molecular weight is 707 g/mol. The van der Waals surface area contributed by atoms with Gasteiger partial charge in [-0.2, -0.15) is 8.42 Å². The first-order chi connectivity index (χ1) is 22.4. The standard InChI is InChI=1S/C26H26N8O12S2/c1-26(2,24(41)42)46-33-18(14-10-47-25(27)31-14)22(39)32-19-15(34(23(19)40)48(43,44)45)8-29-20(37)11-4-3-5-12(6-11)30-21(38)13-7-16(35)17(36)9-28-13/h3-7,9-10,15,19,36H,8H2,1-2H3,(H2,27,31)(H,28,35)(H,29,37)(H,30,38)(H,32,39)(H,41,42)(H,43,44,45)/b33-18-. The molecule has 2 aromatic heterocycles. The Morgan fingerprint density at radius 3 is 2.50 bits per heavy atom. The number of aromatic amines is 1. The number of thiazole rings is 1. The van der Waals surface area contributed by atoms with E-state index in [0.717, 1.165) is 37.4 Å². The van der Waals surface area contributed by atoms with Crippen molar-refractivity contribution < 1.29 is 52.0 Å². The Balaban J connectivity index is 1.50. The van der Waals surface area contributed by atoms with Crippen molar-refractivity contribution in [2.24, 2.45) is 5.16 Å². The van der Waals surface area contributed by atoms with Crippen LogP contribution in [0.4, 0.5) is 10.8 Å². The molecule has 1 aliphatic heterocycles. The van der Waals surface area contributed by atoms with E-state index in [9.17, 15) is 52.0 Å². The molecule has 2 unspecified atom stereocenters. The van der Waals surface area contributed by atoms with Crippen LogP contribution in [0.15, 0.2) is 51.9 Å². The lowest BCUT2D eigenvalue weighted by molar-refractivity contribution is -0.161. The average Bonchev–Trinajstić information content (AvgIpc) is 3.43. The van der Waals surface area contributed by atoms with Gasteiger partial charge >= 0.3 is 16.3 Å². The SMILES string of the molecule is CC(C)(O/N=C(\C(=O)NC1C(=O)N(S(=O)(=O)O)C1CNC(=O)c1cccc(NC(=O)c2cc(=O)c(O)c[nH]2)c1)c1csc(N)n1)C(=O)O. The second-order valence-corrected chi connectivity index (χ2v) is 12.6. The van der Waals surface area contributed by atoms with Gasteiger partial charge in [-0.25, -0.2) is 14.1 Å². The van der Waals surface area contributed by atoms with Gasteiger partial charge in [-0.1, -0.05) is 11.2 Å². The number of nitrogens with zero attached hydrogens (tertiary/aromatic N) is 3. The lowest BCUT2D eigenvalue weighted by Gasteiger charge is -2.44. The van der Waals surface area contributed by atoms with Crippen molar-refractivity contribution in [3.8, 4) is 5.75 Å². The Labute approximate surface area is 273 Å². The first kappa shape index (κ1) is 35.0. The van der Waals surface area contributed by atoms with Crippen molar-refractivity contribution in [1.29, 1.82) is 0 Å². The molecule has 3 aromatic rings. The van der Waals surface area contributed by atoms with E-state index in [1.807, 2.05) is 0 Å². The smallest absolute Gasteiger partial charge is 0.362 e. The molecule has 254 valence electrons. The highest BCUT2D eigenvalue weighted by atomic mass is 32.2. The van der Waals surface area contributed by atoms with Crippen LogP contribution < -0.4 is 27.1 Å². The van der Waals surface area contributed by atoms with Gasteiger partial charge in [0.2, 0.25) is 11.0 Å². The molecule has 1 aliphatic rings. The number of carboxylic acids is 1. The molecule has 3 heterocycles. The van der Waals surface area contributed by atoms with E-state index in [1.54, 1.807) is 0 Å². The fourth-order valence-electron chi connectivity index (χ4n) is 4.00. The number of anilines is 2. The number of aliphatic carboxylic acids is 1. The summed E-state index contributed by atoms with van der Waals surface area (Å²) in [7, 11) is -5.16. The number of rotatable bonds is 12. The maximum absolute atomic E-state index is 13.2. The molecule has 0 bridgehead atoms. The summed E-state index contributed by atoms with van der Waals surface area (Å²) in [6.45, 7) is 1.66. The molecule has 1 saturated heterocycles. The van der Waals surface area contributed by atoms with Crippen LogP contribution in [-0.2, 0) is 29.5 Å². The number of carbonyl (C=O) groups excluding carboxylic acids is 4. The second-order valence-electron chi connectivity index (χ2n) is 10.4. The van der Waals surface area contributed by atoms with E-state index >= 15 is 0 Å². The third kappa shape index (κ3) is 7.73. The number of benzene rings is 1. The van der Waals surface area contributed by atoms with Gasteiger partial charge in [0, 0.05) is 35.4 Å². The minimum atomic E-state index is -5.16. The van der Waals surface area contributed by atoms with Crippen LogP contribution in [0.1, 0.15) is 40.4 Å². The van der Waals surface area contributed by atoms with Crippen LogP contribution in [0.2, 0.25) is 0 Å². The Hall–Kier alpha value is -5.87. The summed E-state index contributed by atoms with van der Waals surface area (Å²) in [5, 5.41) is 30.6. The highest BCUT2D eigenvalue weighted by Crippen LogP contribution is 2.24. The van der Waals surface area contributed by atoms with Crippen molar-refractivity contribution >= 4 is 67.8 Å². The van der Waals surface area contributed by atoms with Gasteiger partial charge in [-0.3, -0.25) is 28.5 Å². The molecule has 48 heavy (non-hydrogen) atoms. The summed E-state index contributed by atoms with van der Waals surface area (Å²) in [4.78, 5) is 85.9. The molecule has 0 radical (unpaired) electrons. The zero-order valence-corrected chi connectivity index (χ0v) is 26.3. The van der Waals surface area contributed by atoms with Crippen LogP contribution in [0.3, 0.4) is 0 Å². The second kappa shape index (κ2) is 13.5. The highest BCUT2D eigenvalue weighted by molar-refractivity contribution is 7.84. The Kier molecular flexibility index (Phi) is 9.82. The van der Waals surface area contributed by atoms with E-state index in [0.29, 0.717) is 0 Å². The number of hydrogen-bond donors (Lipinski definition) is 8. The number of aromatic nitrogens is 2. The largest absolute Gasteiger partial charge is 0.503 e. The Morgan fingerprint density at radius 1 is 1.19 bits per heavy atom. The predicted octanol–water partition coefficient (Wildman–Crippen LogP) is -1.12. The third-order valence-electron chi connectivity index (χ3n) is 6.56. The summed E-state index contributed by atoms with van der Waals surface area (Å²) in [5.41, 5.74) is 2.00. The number of pyridine rings is 1. The van der Waals surface area contributed by atoms with Gasteiger partial charge in [-0.05, 0) is 32.0 Å². The molecule has 4 amide bonds. The molecule has 9 N–H and O–H groups in total. The molecule has 0 spiro atoms. The fraction of sp³-hybridized carbons (Fsp3) is 0.231. The first-order valence-electron chi connectivity index (χ1n) is 13.3. The van der Waals surface area contributed by atoms with Gasteiger partial charge in [-0.15, -0.1) is 11.3 Å². The Bertz CT molecular complexity index is 2010. The fourth-order valence-corrected chi connectivity index (χ4v) is 5.43. The maximum atomic E-state index is 13.2. The van der Waals surface area contributed by atoms with Gasteiger partial charge in [0.25, 0.3) is 23.6 Å². The van der Waals surface area contributed by atoms with Crippen LogP contribution in [0.25, 0.3) is 0 Å². The van der Waals surface area contributed by atoms with Crippen LogP contribution in [0, 0.1) is 0 Å². The number of aromatic hydroxyl groups is 1. The quantitative estimate of drug-likeness (QED) is 0.0479. The summed E-state index contributed by atoms with van der Waals surface area (Å²) < 4.78 is 33.6. The molecule has 20 nitrogen and oxygen atoms in total.